The molecule has 0 spiro atoms. The van der Waals surface area contributed by atoms with Crippen LogP contribution in [0.2, 0.25) is 0 Å². The molecule has 0 saturated heterocycles. The maximum absolute atomic E-state index is 8.58. The molecule has 0 radical (unpaired) electrons. The quantitative estimate of drug-likeness (QED) is 0.325. The van der Waals surface area contributed by atoms with E-state index in [1.54, 1.807) is 0 Å². The van der Waals surface area contributed by atoms with Gasteiger partial charge in [0.15, 0.2) is 12.4 Å². The van der Waals surface area contributed by atoms with Crippen LogP contribution in [0.15, 0.2) is 47.8 Å². The number of pyridine rings is 1. The van der Waals surface area contributed by atoms with E-state index < -0.39 is 0 Å². The molecule has 0 aliphatic heterocycles. The monoisotopic (exact) mass is 225 g/mol. The second-order valence-electron chi connectivity index (χ2n) is 3.96. The minimum Gasteiger partial charge on any atom is -0.208 e. The molecule has 4 heteroatoms. The average molecular weight is 225 g/mol. The van der Waals surface area contributed by atoms with Gasteiger partial charge in [0.25, 0.3) is 0 Å². The van der Waals surface area contributed by atoms with E-state index in [2.05, 4.69) is 10.0 Å². The maximum atomic E-state index is 8.58. The molecule has 4 nitrogen and oxygen atoms in total. The Bertz CT molecular complexity index is 581. The summed E-state index contributed by atoms with van der Waals surface area (Å²) in [5, 5.41) is 3.74. The first-order chi connectivity index (χ1) is 8.20. The highest BCUT2D eigenvalue weighted by Gasteiger charge is 2.05. The second-order valence-corrected chi connectivity index (χ2v) is 3.96. The summed E-state index contributed by atoms with van der Waals surface area (Å²) in [6, 6.07) is 9.89. The summed E-state index contributed by atoms with van der Waals surface area (Å²) in [5.74, 6) is 0. The van der Waals surface area contributed by atoms with Crippen molar-refractivity contribution in [2.45, 2.75) is 6.92 Å². The SMILES string of the molecule is Cc1ccc(-c2cc[n+](C)cc2)c(N=[N+]=[N-])c1. The fourth-order valence-corrected chi connectivity index (χ4v) is 1.70. The molecule has 0 bridgehead atoms. The molecule has 0 unspecified atom stereocenters. The van der Waals surface area contributed by atoms with Gasteiger partial charge in [0.05, 0.1) is 0 Å². The Kier molecular flexibility index (Phi) is 3.08. The highest BCUT2D eigenvalue weighted by atomic mass is 15.1. The van der Waals surface area contributed by atoms with E-state index in [0.717, 1.165) is 16.7 Å². The van der Waals surface area contributed by atoms with Crippen LogP contribution in [-0.2, 0) is 7.05 Å². The van der Waals surface area contributed by atoms with Crippen LogP contribution in [-0.4, -0.2) is 0 Å². The van der Waals surface area contributed by atoms with Gasteiger partial charge in [0, 0.05) is 22.7 Å². The first-order valence-corrected chi connectivity index (χ1v) is 5.32. The lowest BCUT2D eigenvalue weighted by molar-refractivity contribution is -0.671. The summed E-state index contributed by atoms with van der Waals surface area (Å²) in [5.41, 5.74) is 12.3. The Morgan fingerprint density at radius 2 is 1.88 bits per heavy atom. The van der Waals surface area contributed by atoms with Crippen molar-refractivity contribution in [2.75, 3.05) is 0 Å². The lowest BCUT2D eigenvalue weighted by Crippen LogP contribution is -2.25. The molecule has 0 fully saturated rings. The van der Waals surface area contributed by atoms with Crippen molar-refractivity contribution < 1.29 is 4.57 Å². The summed E-state index contributed by atoms with van der Waals surface area (Å²) in [4.78, 5) is 2.87. The Balaban J connectivity index is 2.58. The molecular formula is C13H13N4+. The molecule has 0 atom stereocenters. The van der Waals surface area contributed by atoms with Crippen molar-refractivity contribution in [3.8, 4) is 11.1 Å². The van der Waals surface area contributed by atoms with Crippen LogP contribution in [0.4, 0.5) is 5.69 Å². The first-order valence-electron chi connectivity index (χ1n) is 5.32. The fourth-order valence-electron chi connectivity index (χ4n) is 1.70. The van der Waals surface area contributed by atoms with Gasteiger partial charge in [0.1, 0.15) is 7.05 Å². The van der Waals surface area contributed by atoms with Gasteiger partial charge in [-0.2, -0.15) is 0 Å². The fraction of sp³-hybridized carbons (Fsp3) is 0.154. The number of nitrogens with zero attached hydrogens (tertiary/aromatic N) is 4. The normalized spacial score (nSPS) is 9.76. The van der Waals surface area contributed by atoms with Crippen LogP contribution >= 0.6 is 0 Å². The molecule has 0 N–H and O–H groups in total. The summed E-state index contributed by atoms with van der Waals surface area (Å²) in [7, 11) is 1.97. The molecule has 0 saturated carbocycles. The third-order valence-electron chi connectivity index (χ3n) is 2.60. The maximum Gasteiger partial charge on any atom is 0.169 e. The van der Waals surface area contributed by atoms with Crippen molar-refractivity contribution in [3.05, 3.63) is 58.7 Å². The molecule has 0 aliphatic rings. The molecule has 1 aromatic heterocycles. The van der Waals surface area contributed by atoms with Gasteiger partial charge in [-0.25, -0.2) is 4.57 Å². The minimum absolute atomic E-state index is 0.668. The van der Waals surface area contributed by atoms with Crippen molar-refractivity contribution in [3.63, 3.8) is 0 Å². The van der Waals surface area contributed by atoms with Crippen molar-refractivity contribution in [1.82, 2.24) is 0 Å². The molecule has 2 rings (SSSR count). The van der Waals surface area contributed by atoms with Crippen LogP contribution in [0.1, 0.15) is 5.56 Å². The van der Waals surface area contributed by atoms with Gasteiger partial charge in [-0.05, 0) is 29.6 Å². The van der Waals surface area contributed by atoms with E-state index >= 15 is 0 Å². The molecule has 0 aliphatic carbocycles. The molecule has 84 valence electrons. The van der Waals surface area contributed by atoms with Gasteiger partial charge in [-0.3, -0.25) is 0 Å². The molecule has 1 aromatic carbocycles. The van der Waals surface area contributed by atoms with Crippen molar-refractivity contribution in [2.24, 2.45) is 12.2 Å². The number of benzene rings is 1. The van der Waals surface area contributed by atoms with Gasteiger partial charge < -0.3 is 0 Å². The molecule has 1 heterocycles. The van der Waals surface area contributed by atoms with E-state index in [1.807, 2.05) is 61.3 Å². The van der Waals surface area contributed by atoms with E-state index in [1.165, 1.54) is 0 Å². The lowest BCUT2D eigenvalue weighted by atomic mass is 10.0. The predicted molar refractivity (Wildman–Crippen MR) is 66.6 cm³/mol. The summed E-state index contributed by atoms with van der Waals surface area (Å²) in [6.45, 7) is 1.98. The van der Waals surface area contributed by atoms with Gasteiger partial charge in [0.2, 0.25) is 0 Å². The summed E-state index contributed by atoms with van der Waals surface area (Å²) < 4.78 is 1.96. The number of hydrogen-bond donors (Lipinski definition) is 0. The van der Waals surface area contributed by atoms with Crippen LogP contribution in [0, 0.1) is 6.92 Å². The topological polar surface area (TPSA) is 52.6 Å². The Labute approximate surface area is 99.8 Å². The number of rotatable bonds is 2. The smallest absolute Gasteiger partial charge is 0.169 e. The van der Waals surface area contributed by atoms with E-state index in [0.29, 0.717) is 5.69 Å². The van der Waals surface area contributed by atoms with Crippen LogP contribution in [0.3, 0.4) is 0 Å². The lowest BCUT2D eigenvalue weighted by Gasteiger charge is -2.05. The minimum atomic E-state index is 0.668. The molecule has 2 aromatic rings. The third kappa shape index (κ3) is 2.44. The highest BCUT2D eigenvalue weighted by Crippen LogP contribution is 2.30. The summed E-state index contributed by atoms with van der Waals surface area (Å²) >= 11 is 0. The van der Waals surface area contributed by atoms with Crippen LogP contribution in [0.25, 0.3) is 21.6 Å². The van der Waals surface area contributed by atoms with E-state index in [9.17, 15) is 0 Å². The van der Waals surface area contributed by atoms with Gasteiger partial charge in [-0.15, -0.1) is 0 Å². The Morgan fingerprint density at radius 1 is 1.18 bits per heavy atom. The summed E-state index contributed by atoms with van der Waals surface area (Å²) in [6.07, 6.45) is 3.93. The molecular weight excluding hydrogens is 212 g/mol. The zero-order chi connectivity index (χ0) is 12.3. The van der Waals surface area contributed by atoms with E-state index in [-0.39, 0.29) is 0 Å². The van der Waals surface area contributed by atoms with Crippen LogP contribution < -0.4 is 4.57 Å². The standard InChI is InChI=1S/C13H13N4/c1-10-3-4-12(13(9-10)15-16-14)11-5-7-17(2)8-6-11/h3-9H,1-2H3/q+1. The average Bonchev–Trinajstić information content (AvgIpc) is 2.31. The largest absolute Gasteiger partial charge is 0.208 e. The zero-order valence-electron chi connectivity index (χ0n) is 9.83. The number of aryl methyl sites for hydroxylation is 2. The number of aromatic nitrogens is 1. The number of hydrogen-bond acceptors (Lipinski definition) is 1. The van der Waals surface area contributed by atoms with Gasteiger partial charge >= 0.3 is 0 Å². The Morgan fingerprint density at radius 3 is 2.53 bits per heavy atom. The zero-order valence-corrected chi connectivity index (χ0v) is 9.83. The highest BCUT2D eigenvalue weighted by molar-refractivity contribution is 5.75. The van der Waals surface area contributed by atoms with Crippen molar-refractivity contribution in [1.29, 1.82) is 0 Å². The van der Waals surface area contributed by atoms with E-state index in [4.69, 9.17) is 5.53 Å². The Hall–Kier alpha value is -2.32. The molecule has 0 amide bonds. The van der Waals surface area contributed by atoms with Crippen molar-refractivity contribution >= 4 is 5.69 Å². The first kappa shape index (κ1) is 11.2. The number of azide groups is 1. The predicted octanol–water partition coefficient (Wildman–Crippen LogP) is 3.43. The second kappa shape index (κ2) is 4.68. The molecule has 17 heavy (non-hydrogen) atoms. The van der Waals surface area contributed by atoms with Gasteiger partial charge in [-0.1, -0.05) is 22.8 Å². The van der Waals surface area contributed by atoms with Crippen LogP contribution in [0.5, 0.6) is 0 Å². The third-order valence-corrected chi connectivity index (χ3v) is 2.60.